The minimum Gasteiger partial charge on any atom is -0.291 e. The van der Waals surface area contributed by atoms with E-state index in [1.807, 2.05) is 18.2 Å². The van der Waals surface area contributed by atoms with Crippen LogP contribution in [0.3, 0.4) is 0 Å². The van der Waals surface area contributed by atoms with Crippen LogP contribution in [0.15, 0.2) is 42.5 Å². The van der Waals surface area contributed by atoms with Crippen LogP contribution in [-0.4, -0.2) is 8.32 Å². The summed E-state index contributed by atoms with van der Waals surface area (Å²) >= 11 is 0. The van der Waals surface area contributed by atoms with Crippen LogP contribution in [0.2, 0.25) is 12.1 Å². The first kappa shape index (κ1) is 13.3. The van der Waals surface area contributed by atoms with Crippen molar-refractivity contribution in [3.05, 3.63) is 42.5 Å². The number of hydrogen-bond donors (Lipinski definition) is 0. The fourth-order valence-electron chi connectivity index (χ4n) is 2.82. The molecule has 0 atom stereocenters. The Morgan fingerprint density at radius 2 is 1.50 bits per heavy atom. The molecule has 1 radical (unpaired) electrons. The second-order valence-corrected chi connectivity index (χ2v) is 8.55. The van der Waals surface area contributed by atoms with Crippen molar-refractivity contribution in [1.29, 1.82) is 0 Å². The van der Waals surface area contributed by atoms with E-state index in [0.717, 1.165) is 30.1 Å². The molecule has 0 amide bonds. The van der Waals surface area contributed by atoms with E-state index in [4.69, 9.17) is 0 Å². The Hall–Kier alpha value is -1.12. The van der Waals surface area contributed by atoms with Gasteiger partial charge in [-0.3, -0.25) is 4.80 Å². The summed E-state index contributed by atoms with van der Waals surface area (Å²) in [4.78, 5) is 13.3. The number of fused-ring (bicyclic) bond motifs is 1. The first-order valence-corrected chi connectivity index (χ1v) is 9.22. The molecule has 0 aromatic heterocycles. The summed E-state index contributed by atoms with van der Waals surface area (Å²) in [7, 11) is -2.54. The van der Waals surface area contributed by atoms with E-state index < -0.39 is 8.32 Å². The Labute approximate surface area is 111 Å². The molecule has 0 saturated carbocycles. The topological polar surface area (TPSA) is 19.9 Å². The van der Waals surface area contributed by atoms with Gasteiger partial charge in [0, 0.05) is 0 Å². The van der Waals surface area contributed by atoms with Gasteiger partial charge in [0.1, 0.15) is 0 Å². The summed E-state index contributed by atoms with van der Waals surface area (Å²) < 4.78 is 0. The lowest BCUT2D eigenvalue weighted by Crippen LogP contribution is -2.46. The molecule has 2 heteroatoms. The van der Waals surface area contributed by atoms with Crippen LogP contribution in [0.5, 0.6) is 0 Å². The molecule has 0 heterocycles. The second-order valence-electron chi connectivity index (χ2n) is 5.02. The molecule has 2 aromatic rings. The summed E-state index contributed by atoms with van der Waals surface area (Å²) in [6.07, 6.45) is 2.00. The summed E-state index contributed by atoms with van der Waals surface area (Å²) in [6.45, 7) is 4.25. The molecular formula is C16H21OSi. The molecule has 1 nitrogen and oxygen atoms in total. The van der Waals surface area contributed by atoms with Crippen LogP contribution < -0.4 is 5.19 Å². The van der Waals surface area contributed by atoms with Gasteiger partial charge in [0.25, 0.3) is 8.32 Å². The first-order chi connectivity index (χ1) is 8.71. The molecule has 0 unspecified atom stereocenters. The standard InChI is InChI=1S/C16H21OSi/c1-3-12-18(17,13-4-2)16-11-7-9-14-8-5-6-10-15(14)16/h5-11H,3-4,12-13H2,1-2H3. The molecule has 0 spiro atoms. The Kier molecular flexibility index (Phi) is 4.20. The highest BCUT2D eigenvalue weighted by Gasteiger charge is 2.35. The van der Waals surface area contributed by atoms with Gasteiger partial charge >= 0.3 is 0 Å². The Balaban J connectivity index is 2.56. The van der Waals surface area contributed by atoms with Crippen LogP contribution >= 0.6 is 0 Å². The van der Waals surface area contributed by atoms with Crippen molar-refractivity contribution in [2.24, 2.45) is 0 Å². The van der Waals surface area contributed by atoms with Crippen molar-refractivity contribution in [2.75, 3.05) is 0 Å². The van der Waals surface area contributed by atoms with Crippen LogP contribution in [0.1, 0.15) is 26.7 Å². The predicted octanol–water partition coefficient (Wildman–Crippen LogP) is 4.24. The van der Waals surface area contributed by atoms with Gasteiger partial charge in [0.15, 0.2) is 0 Å². The quantitative estimate of drug-likeness (QED) is 0.714. The monoisotopic (exact) mass is 257 g/mol. The molecule has 0 saturated heterocycles. The highest BCUT2D eigenvalue weighted by atomic mass is 28.4. The van der Waals surface area contributed by atoms with E-state index >= 15 is 0 Å². The average Bonchev–Trinajstić information content (AvgIpc) is 2.38. The average molecular weight is 257 g/mol. The fraction of sp³-hybridized carbons (Fsp3) is 0.375. The van der Waals surface area contributed by atoms with Crippen molar-refractivity contribution in [2.45, 2.75) is 38.8 Å². The lowest BCUT2D eigenvalue weighted by Gasteiger charge is -2.23. The summed E-state index contributed by atoms with van der Waals surface area (Å²) in [5.41, 5.74) is 0. The normalized spacial score (nSPS) is 11.9. The van der Waals surface area contributed by atoms with E-state index in [2.05, 4.69) is 38.1 Å². The smallest absolute Gasteiger partial charge is 0.268 e. The molecule has 2 aromatic carbocycles. The number of benzene rings is 2. The largest absolute Gasteiger partial charge is 0.291 e. The third-order valence-corrected chi connectivity index (χ3v) is 7.62. The molecule has 95 valence electrons. The Bertz CT molecular complexity index is 510. The maximum atomic E-state index is 13.3. The van der Waals surface area contributed by atoms with Crippen LogP contribution in [-0.2, 0) is 4.80 Å². The molecule has 0 aliphatic rings. The third-order valence-electron chi connectivity index (χ3n) is 3.59. The van der Waals surface area contributed by atoms with Gasteiger partial charge in [-0.05, 0) is 28.0 Å². The zero-order chi connectivity index (χ0) is 13.0. The van der Waals surface area contributed by atoms with Gasteiger partial charge in [0.05, 0.1) is 0 Å². The molecule has 2 rings (SSSR count). The van der Waals surface area contributed by atoms with Crippen LogP contribution in [0.4, 0.5) is 0 Å². The first-order valence-electron chi connectivity index (χ1n) is 6.90. The van der Waals surface area contributed by atoms with Crippen LogP contribution in [0, 0.1) is 0 Å². The Morgan fingerprint density at radius 3 is 2.17 bits per heavy atom. The zero-order valence-corrected chi connectivity index (χ0v) is 12.3. The molecule has 0 aliphatic carbocycles. The molecule has 0 bridgehead atoms. The van der Waals surface area contributed by atoms with Gasteiger partial charge in [0.2, 0.25) is 0 Å². The predicted molar refractivity (Wildman–Crippen MR) is 80.2 cm³/mol. The van der Waals surface area contributed by atoms with Gasteiger partial charge < -0.3 is 0 Å². The number of hydrogen-bond acceptors (Lipinski definition) is 0. The van der Waals surface area contributed by atoms with Gasteiger partial charge in [-0.25, -0.2) is 0 Å². The van der Waals surface area contributed by atoms with E-state index in [9.17, 15) is 4.80 Å². The summed E-state index contributed by atoms with van der Waals surface area (Å²) in [6, 6.07) is 16.2. The van der Waals surface area contributed by atoms with Crippen LogP contribution in [0.25, 0.3) is 10.8 Å². The number of rotatable bonds is 5. The summed E-state index contributed by atoms with van der Waals surface area (Å²) in [5, 5.41) is 3.50. The van der Waals surface area contributed by atoms with E-state index in [0.29, 0.717) is 0 Å². The van der Waals surface area contributed by atoms with Crippen molar-refractivity contribution in [1.82, 2.24) is 0 Å². The summed E-state index contributed by atoms with van der Waals surface area (Å²) in [5.74, 6) is 0. The molecule has 0 fully saturated rings. The van der Waals surface area contributed by atoms with Gasteiger partial charge in [-0.1, -0.05) is 69.2 Å². The maximum Gasteiger partial charge on any atom is 0.268 e. The van der Waals surface area contributed by atoms with Gasteiger partial charge in [-0.15, -0.1) is 0 Å². The Morgan fingerprint density at radius 1 is 0.889 bits per heavy atom. The third kappa shape index (κ3) is 2.50. The maximum absolute atomic E-state index is 13.3. The lowest BCUT2D eigenvalue weighted by molar-refractivity contribution is 0.424. The van der Waals surface area contributed by atoms with E-state index in [-0.39, 0.29) is 0 Å². The minimum atomic E-state index is -2.54. The van der Waals surface area contributed by atoms with Crippen molar-refractivity contribution in [3.8, 4) is 0 Å². The highest BCUT2D eigenvalue weighted by Crippen LogP contribution is 2.22. The zero-order valence-electron chi connectivity index (χ0n) is 11.3. The fourth-order valence-corrected chi connectivity index (χ4v) is 6.35. The second kappa shape index (κ2) is 5.68. The SMILES string of the molecule is CCC[Si]([O])(CCC)c1cccc2ccccc12. The lowest BCUT2D eigenvalue weighted by atomic mass is 10.1. The minimum absolute atomic E-state index is 0.856. The molecule has 18 heavy (non-hydrogen) atoms. The van der Waals surface area contributed by atoms with Crippen molar-refractivity contribution >= 4 is 24.3 Å². The molecule has 0 aliphatic heterocycles. The molecular weight excluding hydrogens is 236 g/mol. The van der Waals surface area contributed by atoms with E-state index in [1.54, 1.807) is 0 Å². The van der Waals surface area contributed by atoms with Crippen molar-refractivity contribution in [3.63, 3.8) is 0 Å². The van der Waals surface area contributed by atoms with Crippen molar-refractivity contribution < 1.29 is 4.80 Å². The van der Waals surface area contributed by atoms with E-state index in [1.165, 1.54) is 10.8 Å². The highest BCUT2D eigenvalue weighted by molar-refractivity contribution is 6.87. The van der Waals surface area contributed by atoms with Gasteiger partial charge in [-0.2, -0.15) is 0 Å². The molecule has 0 N–H and O–H groups in total.